The minimum Gasteiger partial charge on any atom is -0.375 e. The lowest BCUT2D eigenvalue weighted by Crippen LogP contribution is -2.43. The zero-order valence-corrected chi connectivity index (χ0v) is 15.1. The van der Waals surface area contributed by atoms with Crippen LogP contribution >= 0.6 is 0 Å². The van der Waals surface area contributed by atoms with Crippen LogP contribution in [-0.2, 0) is 14.3 Å². The Morgan fingerprint density at radius 2 is 1.80 bits per heavy atom. The SMILES string of the molecule is COCC(=O)N1CCCN(C(=O)[C@H](c2ccccc2F)N(C)C)CC1. The summed E-state index contributed by atoms with van der Waals surface area (Å²) in [5.41, 5.74) is 0.370. The quantitative estimate of drug-likeness (QED) is 0.798. The molecular formula is C18H26FN3O3. The van der Waals surface area contributed by atoms with Gasteiger partial charge in [-0.3, -0.25) is 14.5 Å². The van der Waals surface area contributed by atoms with Gasteiger partial charge in [0, 0.05) is 38.9 Å². The molecule has 0 radical (unpaired) electrons. The van der Waals surface area contributed by atoms with Crippen molar-refractivity contribution in [3.8, 4) is 0 Å². The largest absolute Gasteiger partial charge is 0.375 e. The van der Waals surface area contributed by atoms with Crippen LogP contribution in [0, 0.1) is 5.82 Å². The van der Waals surface area contributed by atoms with Gasteiger partial charge >= 0.3 is 0 Å². The zero-order chi connectivity index (χ0) is 18.4. The molecule has 1 aliphatic rings. The average Bonchev–Trinajstić information content (AvgIpc) is 2.83. The van der Waals surface area contributed by atoms with E-state index < -0.39 is 6.04 Å². The number of carbonyl (C=O) groups is 2. The van der Waals surface area contributed by atoms with Crippen LogP contribution in [-0.4, -0.2) is 80.5 Å². The Bertz CT molecular complexity index is 609. The number of methoxy groups -OCH3 is 1. The van der Waals surface area contributed by atoms with E-state index in [9.17, 15) is 14.0 Å². The van der Waals surface area contributed by atoms with Crippen molar-refractivity contribution in [1.29, 1.82) is 0 Å². The predicted molar refractivity (Wildman–Crippen MR) is 92.5 cm³/mol. The van der Waals surface area contributed by atoms with Crippen molar-refractivity contribution in [3.63, 3.8) is 0 Å². The summed E-state index contributed by atoms with van der Waals surface area (Å²) in [4.78, 5) is 30.2. The molecule has 0 aliphatic carbocycles. The normalized spacial score (nSPS) is 16.7. The highest BCUT2D eigenvalue weighted by Crippen LogP contribution is 2.24. The summed E-state index contributed by atoms with van der Waals surface area (Å²) < 4.78 is 19.1. The molecule has 1 atom stereocenters. The third-order valence-corrected chi connectivity index (χ3v) is 4.38. The van der Waals surface area contributed by atoms with Crippen molar-refractivity contribution in [1.82, 2.24) is 14.7 Å². The first-order chi connectivity index (χ1) is 12.0. The molecular weight excluding hydrogens is 325 g/mol. The maximum Gasteiger partial charge on any atom is 0.248 e. The monoisotopic (exact) mass is 351 g/mol. The first-order valence-corrected chi connectivity index (χ1v) is 8.42. The van der Waals surface area contributed by atoms with E-state index >= 15 is 0 Å². The van der Waals surface area contributed by atoms with Crippen molar-refractivity contribution >= 4 is 11.8 Å². The van der Waals surface area contributed by atoms with E-state index in [4.69, 9.17) is 4.74 Å². The molecule has 2 rings (SSSR count). The van der Waals surface area contributed by atoms with Crippen molar-refractivity contribution in [2.45, 2.75) is 12.5 Å². The number of hydrogen-bond acceptors (Lipinski definition) is 4. The van der Waals surface area contributed by atoms with Crippen LogP contribution in [0.4, 0.5) is 4.39 Å². The van der Waals surface area contributed by atoms with E-state index in [0.29, 0.717) is 38.2 Å². The lowest BCUT2D eigenvalue weighted by Gasteiger charge is -2.30. The van der Waals surface area contributed by atoms with Crippen LogP contribution in [0.5, 0.6) is 0 Å². The van der Waals surface area contributed by atoms with Crippen molar-refractivity contribution in [2.24, 2.45) is 0 Å². The molecule has 1 aliphatic heterocycles. The van der Waals surface area contributed by atoms with Gasteiger partial charge in [-0.1, -0.05) is 18.2 Å². The van der Waals surface area contributed by atoms with Crippen LogP contribution in [0.1, 0.15) is 18.0 Å². The van der Waals surface area contributed by atoms with Gasteiger partial charge in [-0.15, -0.1) is 0 Å². The molecule has 0 unspecified atom stereocenters. The number of benzene rings is 1. The average molecular weight is 351 g/mol. The molecule has 1 aromatic rings. The van der Waals surface area contributed by atoms with Gasteiger partial charge in [0.15, 0.2) is 0 Å². The van der Waals surface area contributed by atoms with Crippen molar-refractivity contribution < 1.29 is 18.7 Å². The number of hydrogen-bond donors (Lipinski definition) is 0. The van der Waals surface area contributed by atoms with Gasteiger partial charge in [0.1, 0.15) is 18.5 Å². The molecule has 2 amide bonds. The number of nitrogens with zero attached hydrogens (tertiary/aromatic N) is 3. The fourth-order valence-electron chi connectivity index (χ4n) is 3.10. The van der Waals surface area contributed by atoms with Crippen LogP contribution in [0.15, 0.2) is 24.3 Å². The highest BCUT2D eigenvalue weighted by atomic mass is 19.1. The van der Waals surface area contributed by atoms with Crippen LogP contribution in [0.2, 0.25) is 0 Å². The number of rotatable bonds is 5. The topological polar surface area (TPSA) is 53.1 Å². The van der Waals surface area contributed by atoms with E-state index in [2.05, 4.69) is 0 Å². The van der Waals surface area contributed by atoms with E-state index in [1.54, 1.807) is 47.0 Å². The summed E-state index contributed by atoms with van der Waals surface area (Å²) in [5, 5.41) is 0. The Kier molecular flexibility index (Phi) is 6.90. The molecule has 1 aromatic carbocycles. The van der Waals surface area contributed by atoms with Crippen molar-refractivity contribution in [3.05, 3.63) is 35.6 Å². The summed E-state index contributed by atoms with van der Waals surface area (Å²) >= 11 is 0. The molecule has 1 fully saturated rings. The number of halogens is 1. The van der Waals surface area contributed by atoms with Gasteiger partial charge in [0.25, 0.3) is 0 Å². The van der Waals surface area contributed by atoms with Gasteiger partial charge in [-0.2, -0.15) is 0 Å². The number of ether oxygens (including phenoxy) is 1. The van der Waals surface area contributed by atoms with Gasteiger partial charge in [-0.25, -0.2) is 4.39 Å². The Labute approximate surface area is 148 Å². The second kappa shape index (κ2) is 8.92. The number of carbonyl (C=O) groups excluding carboxylic acids is 2. The van der Waals surface area contributed by atoms with Gasteiger partial charge in [-0.05, 0) is 26.6 Å². The molecule has 0 spiro atoms. The molecule has 6 nitrogen and oxygen atoms in total. The highest BCUT2D eigenvalue weighted by Gasteiger charge is 2.31. The van der Waals surface area contributed by atoms with E-state index in [1.807, 2.05) is 0 Å². The summed E-state index contributed by atoms with van der Waals surface area (Å²) in [6, 6.07) is 5.68. The second-order valence-electron chi connectivity index (χ2n) is 6.38. The molecule has 0 aromatic heterocycles. The summed E-state index contributed by atoms with van der Waals surface area (Å²) in [6.45, 7) is 2.09. The molecule has 0 N–H and O–H groups in total. The molecule has 1 heterocycles. The standard InChI is InChI=1S/C18H26FN3O3/c1-20(2)17(14-7-4-5-8-15(14)19)18(24)22-10-6-9-21(11-12-22)16(23)13-25-3/h4-5,7-8,17H,6,9-13H2,1-3H3/t17-/m0/s1. The Balaban J connectivity index is 2.12. The lowest BCUT2D eigenvalue weighted by molar-refractivity contribution is -0.138. The van der Waals surface area contributed by atoms with Crippen LogP contribution in [0.25, 0.3) is 0 Å². The zero-order valence-electron chi connectivity index (χ0n) is 15.1. The summed E-state index contributed by atoms with van der Waals surface area (Å²) in [6.07, 6.45) is 0.693. The maximum atomic E-state index is 14.2. The third-order valence-electron chi connectivity index (χ3n) is 4.38. The van der Waals surface area contributed by atoms with E-state index in [0.717, 1.165) is 0 Å². The van der Waals surface area contributed by atoms with E-state index in [-0.39, 0.29) is 24.2 Å². The minimum atomic E-state index is -0.678. The Hall–Kier alpha value is -1.99. The second-order valence-corrected chi connectivity index (χ2v) is 6.38. The molecule has 0 bridgehead atoms. The van der Waals surface area contributed by atoms with Crippen LogP contribution in [0.3, 0.4) is 0 Å². The van der Waals surface area contributed by atoms with E-state index in [1.165, 1.54) is 13.2 Å². The third kappa shape index (κ3) is 4.76. The molecule has 0 saturated carbocycles. The minimum absolute atomic E-state index is 0.0451. The summed E-state index contributed by atoms with van der Waals surface area (Å²) in [5.74, 6) is -0.604. The Morgan fingerprint density at radius 3 is 2.44 bits per heavy atom. The molecule has 7 heteroatoms. The Morgan fingerprint density at radius 1 is 1.16 bits per heavy atom. The van der Waals surface area contributed by atoms with Crippen LogP contribution < -0.4 is 0 Å². The smallest absolute Gasteiger partial charge is 0.248 e. The molecule has 25 heavy (non-hydrogen) atoms. The van der Waals surface area contributed by atoms with Gasteiger partial charge < -0.3 is 14.5 Å². The molecule has 138 valence electrons. The first-order valence-electron chi connectivity index (χ1n) is 8.42. The highest BCUT2D eigenvalue weighted by molar-refractivity contribution is 5.83. The van der Waals surface area contributed by atoms with Gasteiger partial charge in [0.05, 0.1) is 0 Å². The first kappa shape index (κ1) is 19.3. The molecule has 1 saturated heterocycles. The number of amides is 2. The fourth-order valence-corrected chi connectivity index (χ4v) is 3.10. The lowest BCUT2D eigenvalue weighted by atomic mass is 10.0. The predicted octanol–water partition coefficient (Wildman–Crippen LogP) is 1.14. The number of likely N-dealkylation sites (N-methyl/N-ethyl adjacent to an activating group) is 1. The van der Waals surface area contributed by atoms with Gasteiger partial charge in [0.2, 0.25) is 11.8 Å². The summed E-state index contributed by atoms with van der Waals surface area (Å²) in [7, 11) is 5.02. The maximum absolute atomic E-state index is 14.2. The fraction of sp³-hybridized carbons (Fsp3) is 0.556. The van der Waals surface area contributed by atoms with Crippen molar-refractivity contribution in [2.75, 3.05) is 54.0 Å².